The minimum atomic E-state index is -0.482. The van der Waals surface area contributed by atoms with E-state index in [1.54, 1.807) is 17.0 Å². The molecule has 0 amide bonds. The second-order valence-corrected chi connectivity index (χ2v) is 3.43. The molecule has 2 aromatic heterocycles. The van der Waals surface area contributed by atoms with E-state index in [4.69, 9.17) is 5.73 Å². The third-order valence-corrected chi connectivity index (χ3v) is 2.43. The Bertz CT molecular complexity index is 562. The maximum absolute atomic E-state index is 11.5. The van der Waals surface area contributed by atoms with E-state index in [1.165, 1.54) is 19.4 Å². The van der Waals surface area contributed by atoms with Gasteiger partial charge in [-0.1, -0.05) is 0 Å². The third-order valence-electron chi connectivity index (χ3n) is 2.43. The number of nitrogen functional groups attached to an aromatic ring is 1. The lowest BCUT2D eigenvalue weighted by molar-refractivity contribution is 0.0602. The molecule has 88 valence electrons. The maximum Gasteiger partial charge on any atom is 0.340 e. The zero-order chi connectivity index (χ0) is 12.4. The molecule has 0 aliphatic carbocycles. The number of nitrogens with zero attached hydrogens (tertiary/aromatic N) is 3. The fourth-order valence-corrected chi connectivity index (χ4v) is 1.54. The lowest BCUT2D eigenvalue weighted by atomic mass is 10.2. The Hall–Kier alpha value is -2.37. The molecule has 0 atom stereocenters. The smallest absolute Gasteiger partial charge is 0.340 e. The minimum Gasteiger partial charge on any atom is -0.465 e. The number of ether oxygens (including phenoxy) is 1. The monoisotopic (exact) mass is 232 g/mol. The van der Waals surface area contributed by atoms with E-state index in [9.17, 15) is 4.79 Å². The molecule has 0 saturated heterocycles. The number of anilines is 1. The summed E-state index contributed by atoms with van der Waals surface area (Å²) in [5, 5.41) is 0. The number of carbonyl (C=O) groups is 1. The second kappa shape index (κ2) is 4.25. The number of hydrogen-bond donors (Lipinski definition) is 1. The van der Waals surface area contributed by atoms with Crippen molar-refractivity contribution in [3.05, 3.63) is 36.0 Å². The van der Waals surface area contributed by atoms with E-state index in [0.717, 1.165) is 5.82 Å². The van der Waals surface area contributed by atoms with Gasteiger partial charge in [0.1, 0.15) is 5.82 Å². The Labute approximate surface area is 98.1 Å². The van der Waals surface area contributed by atoms with Crippen LogP contribution in [0, 0.1) is 6.92 Å². The number of imidazole rings is 1. The molecule has 0 saturated carbocycles. The van der Waals surface area contributed by atoms with Crippen molar-refractivity contribution < 1.29 is 9.53 Å². The first-order valence-corrected chi connectivity index (χ1v) is 4.98. The van der Waals surface area contributed by atoms with Crippen LogP contribution in [-0.2, 0) is 4.74 Å². The van der Waals surface area contributed by atoms with Crippen LogP contribution in [0.2, 0.25) is 0 Å². The molecule has 0 radical (unpaired) electrons. The fourth-order valence-electron chi connectivity index (χ4n) is 1.54. The molecule has 6 heteroatoms. The van der Waals surface area contributed by atoms with Gasteiger partial charge in [-0.15, -0.1) is 0 Å². The van der Waals surface area contributed by atoms with Crippen molar-refractivity contribution in [3.63, 3.8) is 0 Å². The SMILES string of the molecule is COC(=O)c1ccnc(-n2ccnc2C)c1N. The molecule has 2 rings (SSSR count). The molecule has 2 heterocycles. The average Bonchev–Trinajstić information content (AvgIpc) is 2.75. The van der Waals surface area contributed by atoms with E-state index < -0.39 is 5.97 Å². The highest BCUT2D eigenvalue weighted by atomic mass is 16.5. The van der Waals surface area contributed by atoms with Crippen LogP contribution in [0.5, 0.6) is 0 Å². The number of hydrogen-bond acceptors (Lipinski definition) is 5. The van der Waals surface area contributed by atoms with Crippen LogP contribution in [0.15, 0.2) is 24.7 Å². The first-order valence-electron chi connectivity index (χ1n) is 4.98. The highest BCUT2D eigenvalue weighted by molar-refractivity contribution is 5.96. The molecule has 0 spiro atoms. The molecule has 0 aromatic carbocycles. The standard InChI is InChI=1S/C11H12N4O2/c1-7-13-5-6-15(7)10-9(12)8(3-4-14-10)11(16)17-2/h3-6H,12H2,1-2H3. The van der Waals surface area contributed by atoms with Gasteiger partial charge in [0.05, 0.1) is 18.4 Å². The van der Waals surface area contributed by atoms with Crippen LogP contribution in [0.1, 0.15) is 16.2 Å². The van der Waals surface area contributed by atoms with Crippen LogP contribution in [0.3, 0.4) is 0 Å². The minimum absolute atomic E-state index is 0.278. The lowest BCUT2D eigenvalue weighted by Crippen LogP contribution is -2.11. The lowest BCUT2D eigenvalue weighted by Gasteiger charge is -2.10. The van der Waals surface area contributed by atoms with E-state index >= 15 is 0 Å². The van der Waals surface area contributed by atoms with Gasteiger partial charge in [0, 0.05) is 18.6 Å². The second-order valence-electron chi connectivity index (χ2n) is 3.43. The number of methoxy groups -OCH3 is 1. The van der Waals surface area contributed by atoms with Crippen molar-refractivity contribution in [2.24, 2.45) is 0 Å². The van der Waals surface area contributed by atoms with Gasteiger partial charge in [0.2, 0.25) is 0 Å². The summed E-state index contributed by atoms with van der Waals surface area (Å²) in [7, 11) is 1.31. The topological polar surface area (TPSA) is 83.0 Å². The van der Waals surface area contributed by atoms with Gasteiger partial charge < -0.3 is 10.5 Å². The van der Waals surface area contributed by atoms with Crippen molar-refractivity contribution in [2.45, 2.75) is 6.92 Å². The van der Waals surface area contributed by atoms with E-state index in [-0.39, 0.29) is 5.69 Å². The first-order chi connectivity index (χ1) is 8.15. The number of aryl methyl sites for hydroxylation is 1. The predicted octanol–water partition coefficient (Wildman–Crippen LogP) is 0.945. The molecule has 0 aliphatic rings. The van der Waals surface area contributed by atoms with E-state index in [2.05, 4.69) is 14.7 Å². The molecule has 0 bridgehead atoms. The van der Waals surface area contributed by atoms with Crippen LogP contribution >= 0.6 is 0 Å². The Morgan fingerprint density at radius 3 is 2.76 bits per heavy atom. The van der Waals surface area contributed by atoms with Crippen molar-refractivity contribution in [1.29, 1.82) is 0 Å². The zero-order valence-corrected chi connectivity index (χ0v) is 9.54. The molecule has 17 heavy (non-hydrogen) atoms. The van der Waals surface area contributed by atoms with Gasteiger partial charge in [0.15, 0.2) is 5.82 Å². The van der Waals surface area contributed by atoms with Gasteiger partial charge in [-0.3, -0.25) is 4.57 Å². The number of pyridine rings is 1. The quantitative estimate of drug-likeness (QED) is 0.779. The molecule has 6 nitrogen and oxygen atoms in total. The van der Waals surface area contributed by atoms with Crippen LogP contribution in [0.25, 0.3) is 5.82 Å². The molecule has 0 aliphatic heterocycles. The highest BCUT2D eigenvalue weighted by Crippen LogP contribution is 2.20. The number of aromatic nitrogens is 3. The third kappa shape index (κ3) is 1.84. The predicted molar refractivity (Wildman–Crippen MR) is 61.8 cm³/mol. The molecule has 2 N–H and O–H groups in total. The Kier molecular flexibility index (Phi) is 2.78. The number of rotatable bonds is 2. The van der Waals surface area contributed by atoms with Crippen molar-refractivity contribution in [2.75, 3.05) is 12.8 Å². The summed E-state index contributed by atoms with van der Waals surface area (Å²) in [6.45, 7) is 1.83. The summed E-state index contributed by atoms with van der Waals surface area (Å²) >= 11 is 0. The van der Waals surface area contributed by atoms with Gasteiger partial charge >= 0.3 is 5.97 Å². The Balaban J connectivity index is 2.57. The summed E-state index contributed by atoms with van der Waals surface area (Å²) < 4.78 is 6.36. The molecule has 0 unspecified atom stereocenters. The van der Waals surface area contributed by atoms with Crippen molar-refractivity contribution in [3.8, 4) is 5.82 Å². The zero-order valence-electron chi connectivity index (χ0n) is 9.54. The fraction of sp³-hybridized carbons (Fsp3) is 0.182. The molecule has 2 aromatic rings. The maximum atomic E-state index is 11.5. The van der Waals surface area contributed by atoms with Crippen LogP contribution < -0.4 is 5.73 Å². The van der Waals surface area contributed by atoms with Gasteiger partial charge in [-0.25, -0.2) is 14.8 Å². The first kappa shape index (κ1) is 11.1. The number of nitrogens with two attached hydrogens (primary N) is 1. The van der Waals surface area contributed by atoms with Gasteiger partial charge in [-0.2, -0.15) is 0 Å². The summed E-state index contributed by atoms with van der Waals surface area (Å²) in [5.74, 6) is 0.734. The summed E-state index contributed by atoms with van der Waals surface area (Å²) in [4.78, 5) is 19.7. The summed E-state index contributed by atoms with van der Waals surface area (Å²) in [6, 6.07) is 1.52. The average molecular weight is 232 g/mol. The Morgan fingerprint density at radius 1 is 1.41 bits per heavy atom. The highest BCUT2D eigenvalue weighted by Gasteiger charge is 2.15. The van der Waals surface area contributed by atoms with E-state index in [0.29, 0.717) is 11.4 Å². The van der Waals surface area contributed by atoms with Crippen molar-refractivity contribution in [1.82, 2.24) is 14.5 Å². The van der Waals surface area contributed by atoms with Gasteiger partial charge in [-0.05, 0) is 13.0 Å². The normalized spacial score (nSPS) is 10.2. The number of esters is 1. The van der Waals surface area contributed by atoms with Crippen LogP contribution in [-0.4, -0.2) is 27.6 Å². The van der Waals surface area contributed by atoms with E-state index in [1.807, 2.05) is 6.92 Å². The molecule has 0 fully saturated rings. The molecular weight excluding hydrogens is 220 g/mol. The molecular formula is C11H12N4O2. The Morgan fingerprint density at radius 2 is 2.18 bits per heavy atom. The van der Waals surface area contributed by atoms with Gasteiger partial charge in [0.25, 0.3) is 0 Å². The number of carbonyl (C=O) groups excluding carboxylic acids is 1. The summed E-state index contributed by atoms with van der Waals surface area (Å²) in [6.07, 6.45) is 4.88. The van der Waals surface area contributed by atoms with Crippen molar-refractivity contribution >= 4 is 11.7 Å². The summed E-state index contributed by atoms with van der Waals surface area (Å²) in [5.41, 5.74) is 6.48. The van der Waals surface area contributed by atoms with Crippen LogP contribution in [0.4, 0.5) is 5.69 Å². The largest absolute Gasteiger partial charge is 0.465 e.